The fraction of sp³-hybridized carbons (Fsp3) is 0.786. The van der Waals surface area contributed by atoms with Crippen LogP contribution in [-0.4, -0.2) is 35.1 Å². The highest BCUT2D eigenvalue weighted by Crippen LogP contribution is 2.31. The summed E-state index contributed by atoms with van der Waals surface area (Å²) in [5.41, 5.74) is 0.372. The van der Waals surface area contributed by atoms with Crippen molar-refractivity contribution < 1.29 is 9.90 Å². The van der Waals surface area contributed by atoms with Crippen LogP contribution in [0.15, 0.2) is 12.2 Å². The molecule has 0 radical (unpaired) electrons. The van der Waals surface area contributed by atoms with Crippen molar-refractivity contribution >= 4 is 5.97 Å². The van der Waals surface area contributed by atoms with Crippen LogP contribution in [0.1, 0.15) is 46.0 Å². The van der Waals surface area contributed by atoms with Crippen LogP contribution in [0, 0.1) is 5.92 Å². The second-order valence-electron chi connectivity index (χ2n) is 5.01. The summed E-state index contributed by atoms with van der Waals surface area (Å²) in [6, 6.07) is 0.708. The summed E-state index contributed by atoms with van der Waals surface area (Å²) in [5, 5.41) is 8.82. The molecule has 98 valence electrons. The zero-order valence-corrected chi connectivity index (χ0v) is 11.1. The molecule has 0 aliphatic heterocycles. The maximum Gasteiger partial charge on any atom is 0.330 e. The van der Waals surface area contributed by atoms with Crippen molar-refractivity contribution in [2.45, 2.75) is 52.0 Å². The number of hydrogen-bond acceptors (Lipinski definition) is 2. The van der Waals surface area contributed by atoms with Crippen molar-refractivity contribution in [3.8, 4) is 0 Å². The van der Waals surface area contributed by atoms with Gasteiger partial charge < -0.3 is 10.0 Å². The van der Waals surface area contributed by atoms with Gasteiger partial charge in [-0.05, 0) is 51.1 Å². The molecule has 1 fully saturated rings. The zero-order valence-electron chi connectivity index (χ0n) is 11.1. The molecule has 1 saturated carbocycles. The molecule has 0 aromatic rings. The number of carboxylic acid groups (broad SMARTS) is 1. The van der Waals surface area contributed by atoms with Crippen LogP contribution in [0.5, 0.6) is 0 Å². The van der Waals surface area contributed by atoms with Crippen LogP contribution < -0.4 is 0 Å². The Morgan fingerprint density at radius 2 is 1.76 bits per heavy atom. The first kappa shape index (κ1) is 14.2. The van der Waals surface area contributed by atoms with E-state index in [0.717, 1.165) is 25.9 Å². The van der Waals surface area contributed by atoms with Crippen LogP contribution in [0.4, 0.5) is 0 Å². The third-order valence-corrected chi connectivity index (χ3v) is 3.98. The Balaban J connectivity index is 2.35. The molecule has 1 rings (SSSR count). The minimum atomic E-state index is -0.837. The molecule has 0 heterocycles. The second-order valence-corrected chi connectivity index (χ2v) is 5.01. The highest BCUT2D eigenvalue weighted by atomic mass is 16.4. The van der Waals surface area contributed by atoms with Crippen molar-refractivity contribution in [3.05, 3.63) is 12.2 Å². The molecule has 3 nitrogen and oxygen atoms in total. The fourth-order valence-electron chi connectivity index (χ4n) is 2.89. The molecule has 0 aromatic carbocycles. The Hall–Kier alpha value is -0.830. The van der Waals surface area contributed by atoms with Gasteiger partial charge in [-0.3, -0.25) is 0 Å². The van der Waals surface area contributed by atoms with Gasteiger partial charge in [0.15, 0.2) is 0 Å². The topological polar surface area (TPSA) is 40.5 Å². The van der Waals surface area contributed by atoms with E-state index in [-0.39, 0.29) is 0 Å². The third-order valence-electron chi connectivity index (χ3n) is 3.98. The summed E-state index contributed by atoms with van der Waals surface area (Å²) in [5.74, 6) is -0.304. The van der Waals surface area contributed by atoms with Crippen LogP contribution in [0.3, 0.4) is 0 Å². The van der Waals surface area contributed by atoms with Gasteiger partial charge in [-0.1, -0.05) is 20.4 Å². The molecule has 17 heavy (non-hydrogen) atoms. The van der Waals surface area contributed by atoms with Crippen molar-refractivity contribution in [1.29, 1.82) is 0 Å². The predicted molar refractivity (Wildman–Crippen MR) is 70.1 cm³/mol. The summed E-state index contributed by atoms with van der Waals surface area (Å²) >= 11 is 0. The third kappa shape index (κ3) is 4.15. The van der Waals surface area contributed by atoms with Crippen molar-refractivity contribution in [2.24, 2.45) is 5.92 Å². The molecule has 0 atom stereocenters. The molecular weight excluding hydrogens is 214 g/mol. The average molecular weight is 239 g/mol. The molecule has 1 aliphatic rings. The summed E-state index contributed by atoms with van der Waals surface area (Å²) in [6.45, 7) is 10.3. The van der Waals surface area contributed by atoms with E-state index in [9.17, 15) is 4.79 Å². The van der Waals surface area contributed by atoms with E-state index >= 15 is 0 Å². The lowest BCUT2D eigenvalue weighted by molar-refractivity contribution is -0.132. The molecule has 3 heteroatoms. The molecule has 0 aromatic heterocycles. The molecular formula is C14H25NO2. The summed E-state index contributed by atoms with van der Waals surface area (Å²) < 4.78 is 0. The smallest absolute Gasteiger partial charge is 0.330 e. The number of rotatable bonds is 6. The Labute approximate surface area is 105 Å². The normalized spacial score (nSPS) is 24.9. The van der Waals surface area contributed by atoms with Crippen LogP contribution in [0.2, 0.25) is 0 Å². The maximum absolute atomic E-state index is 10.7. The predicted octanol–water partition coefficient (Wildman–Crippen LogP) is 2.92. The number of nitrogens with zero attached hydrogens (tertiary/aromatic N) is 1. The zero-order chi connectivity index (χ0) is 12.8. The summed E-state index contributed by atoms with van der Waals surface area (Å²) in [4.78, 5) is 13.2. The van der Waals surface area contributed by atoms with Crippen molar-refractivity contribution in [3.63, 3.8) is 0 Å². The van der Waals surface area contributed by atoms with E-state index in [2.05, 4.69) is 25.3 Å². The van der Waals surface area contributed by atoms with Gasteiger partial charge >= 0.3 is 5.97 Å². The molecule has 0 saturated heterocycles. The molecule has 0 spiro atoms. The lowest BCUT2D eigenvalue weighted by Gasteiger charge is -2.35. The van der Waals surface area contributed by atoms with Crippen LogP contribution in [-0.2, 0) is 4.79 Å². The van der Waals surface area contributed by atoms with Gasteiger partial charge in [-0.2, -0.15) is 0 Å². The number of carbonyl (C=O) groups is 1. The monoisotopic (exact) mass is 239 g/mol. The molecule has 0 amide bonds. The minimum Gasteiger partial charge on any atom is -0.478 e. The summed E-state index contributed by atoms with van der Waals surface area (Å²) in [6.07, 6.45) is 5.37. The van der Waals surface area contributed by atoms with E-state index in [0.29, 0.717) is 24.0 Å². The standard InChI is InChI=1S/C14H25NO2/c1-4-15(5-2)13-8-6-12(7-9-13)10-11(3)14(16)17/h12-13H,3-10H2,1-2H3,(H,16,17). The van der Waals surface area contributed by atoms with Gasteiger partial charge in [0, 0.05) is 11.6 Å². The lowest BCUT2D eigenvalue weighted by atomic mass is 9.82. The van der Waals surface area contributed by atoms with Gasteiger partial charge in [-0.15, -0.1) is 0 Å². The molecule has 1 N–H and O–H groups in total. The Bertz CT molecular complexity index is 263. The highest BCUT2D eigenvalue weighted by molar-refractivity contribution is 5.85. The van der Waals surface area contributed by atoms with Gasteiger partial charge in [-0.25, -0.2) is 4.79 Å². The first-order chi connectivity index (χ1) is 8.08. The number of hydrogen-bond donors (Lipinski definition) is 1. The minimum absolute atomic E-state index is 0.372. The first-order valence-corrected chi connectivity index (χ1v) is 6.73. The van der Waals surface area contributed by atoms with E-state index in [4.69, 9.17) is 5.11 Å². The molecule has 0 bridgehead atoms. The lowest BCUT2D eigenvalue weighted by Crippen LogP contribution is -2.37. The van der Waals surface area contributed by atoms with Crippen molar-refractivity contribution in [2.75, 3.05) is 13.1 Å². The SMILES string of the molecule is C=C(CC1CCC(N(CC)CC)CC1)C(=O)O. The largest absolute Gasteiger partial charge is 0.478 e. The number of aliphatic carboxylic acids is 1. The van der Waals surface area contributed by atoms with Crippen LogP contribution in [0.25, 0.3) is 0 Å². The summed E-state index contributed by atoms with van der Waals surface area (Å²) in [7, 11) is 0. The van der Waals surface area contributed by atoms with Crippen LogP contribution >= 0.6 is 0 Å². The van der Waals surface area contributed by atoms with E-state index in [1.54, 1.807) is 0 Å². The Kier molecular flexibility index (Phi) is 5.69. The fourth-order valence-corrected chi connectivity index (χ4v) is 2.89. The highest BCUT2D eigenvalue weighted by Gasteiger charge is 2.25. The average Bonchev–Trinajstić information content (AvgIpc) is 2.32. The molecule has 1 aliphatic carbocycles. The first-order valence-electron chi connectivity index (χ1n) is 6.73. The van der Waals surface area contributed by atoms with Gasteiger partial charge in [0.1, 0.15) is 0 Å². The quantitative estimate of drug-likeness (QED) is 0.724. The van der Waals surface area contributed by atoms with Gasteiger partial charge in [0.2, 0.25) is 0 Å². The molecule has 0 unspecified atom stereocenters. The van der Waals surface area contributed by atoms with Gasteiger partial charge in [0.25, 0.3) is 0 Å². The maximum atomic E-state index is 10.7. The van der Waals surface area contributed by atoms with Crippen molar-refractivity contribution in [1.82, 2.24) is 4.90 Å². The van der Waals surface area contributed by atoms with E-state index < -0.39 is 5.97 Å². The van der Waals surface area contributed by atoms with Gasteiger partial charge in [0.05, 0.1) is 0 Å². The second kappa shape index (κ2) is 6.80. The Morgan fingerprint density at radius 3 is 2.18 bits per heavy atom. The van der Waals surface area contributed by atoms with E-state index in [1.165, 1.54) is 12.8 Å². The number of carboxylic acids is 1. The van der Waals surface area contributed by atoms with E-state index in [1.807, 2.05) is 0 Å². The Morgan fingerprint density at radius 1 is 1.24 bits per heavy atom.